The first-order valence-electron chi connectivity index (χ1n) is 11.8. The molecule has 0 bridgehead atoms. The summed E-state index contributed by atoms with van der Waals surface area (Å²) in [5, 5.41) is 9.68. The van der Waals surface area contributed by atoms with E-state index in [-0.39, 0.29) is 5.75 Å². The molecule has 1 saturated carbocycles. The Morgan fingerprint density at radius 3 is 2.12 bits per heavy atom. The zero-order valence-electron chi connectivity index (χ0n) is 21.5. The summed E-state index contributed by atoms with van der Waals surface area (Å²) < 4.78 is 0. The van der Waals surface area contributed by atoms with Crippen LogP contribution in [0.2, 0.25) is 0 Å². The van der Waals surface area contributed by atoms with E-state index in [0.717, 1.165) is 28.1 Å². The molecule has 0 heterocycles. The minimum Gasteiger partial charge on any atom is -0.508 e. The predicted octanol–water partition coefficient (Wildman–Crippen LogP) is 9.06. The number of phenols is 1. The summed E-state index contributed by atoms with van der Waals surface area (Å²) in [5.74, 6) is 0.235. The lowest BCUT2D eigenvalue weighted by atomic mass is 9.99. The van der Waals surface area contributed by atoms with Crippen molar-refractivity contribution >= 4 is 11.4 Å². The van der Waals surface area contributed by atoms with Gasteiger partial charge in [-0.3, -0.25) is 4.99 Å². The third-order valence-corrected chi connectivity index (χ3v) is 5.51. The average molecular weight is 444 g/mol. The quantitative estimate of drug-likeness (QED) is 0.350. The van der Waals surface area contributed by atoms with Crippen LogP contribution in [0.1, 0.15) is 72.4 Å². The van der Waals surface area contributed by atoms with Crippen molar-refractivity contribution in [2.24, 2.45) is 4.99 Å². The largest absolute Gasteiger partial charge is 0.508 e. The molecule has 1 fully saturated rings. The summed E-state index contributed by atoms with van der Waals surface area (Å²) in [5.41, 5.74) is 6.62. The Morgan fingerprint density at radius 2 is 1.61 bits per heavy atom. The molecule has 0 aromatic heterocycles. The fourth-order valence-corrected chi connectivity index (χ4v) is 3.00. The van der Waals surface area contributed by atoms with Crippen LogP contribution < -0.4 is 0 Å². The average Bonchev–Trinajstić information content (AvgIpc) is 3.58. The van der Waals surface area contributed by atoms with Crippen molar-refractivity contribution in [3.8, 4) is 5.75 Å². The Bertz CT molecular complexity index is 1000. The van der Waals surface area contributed by atoms with Crippen LogP contribution in [-0.4, -0.2) is 10.8 Å². The number of aromatic hydroxyl groups is 1. The summed E-state index contributed by atoms with van der Waals surface area (Å²) in [4.78, 5) is 4.68. The summed E-state index contributed by atoms with van der Waals surface area (Å²) >= 11 is 0. The van der Waals surface area contributed by atoms with Gasteiger partial charge in [0.25, 0.3) is 0 Å². The molecule has 0 aliphatic heterocycles. The van der Waals surface area contributed by atoms with Gasteiger partial charge in [-0.2, -0.15) is 0 Å². The van der Waals surface area contributed by atoms with Gasteiger partial charge >= 0.3 is 0 Å². The molecule has 0 unspecified atom stereocenters. The van der Waals surface area contributed by atoms with E-state index in [1.165, 1.54) is 18.4 Å². The van der Waals surface area contributed by atoms with Crippen LogP contribution >= 0.6 is 0 Å². The second-order valence-corrected chi connectivity index (χ2v) is 8.37. The molecule has 0 radical (unpaired) electrons. The molecule has 2 aromatic rings. The predicted molar refractivity (Wildman–Crippen MR) is 147 cm³/mol. The van der Waals surface area contributed by atoms with E-state index in [1.807, 2.05) is 78.0 Å². The molecule has 2 aromatic carbocycles. The first-order valence-corrected chi connectivity index (χ1v) is 11.8. The van der Waals surface area contributed by atoms with Crippen molar-refractivity contribution in [3.63, 3.8) is 0 Å². The fourth-order valence-electron chi connectivity index (χ4n) is 3.00. The maximum absolute atomic E-state index is 9.68. The number of phenolic OH excluding ortho intramolecular Hbond substituents is 1. The highest BCUT2D eigenvalue weighted by Gasteiger charge is 2.38. The molecule has 33 heavy (non-hydrogen) atoms. The minimum absolute atomic E-state index is 0.235. The number of aliphatic imine (C=N–C) groups is 1. The van der Waals surface area contributed by atoms with E-state index < -0.39 is 0 Å². The minimum atomic E-state index is 0.235. The van der Waals surface area contributed by atoms with Crippen molar-refractivity contribution in [2.75, 3.05) is 0 Å². The van der Waals surface area contributed by atoms with Gasteiger partial charge in [0.15, 0.2) is 0 Å². The lowest BCUT2D eigenvalue weighted by molar-refractivity contribution is 0.475. The van der Waals surface area contributed by atoms with Crippen LogP contribution in [0.4, 0.5) is 0 Å². The third kappa shape index (κ3) is 9.49. The molecule has 0 amide bonds. The lowest BCUT2D eigenvalue weighted by Gasteiger charge is -2.08. The SMILES string of the molecule is C=C(C)C(C)=N/C(=C(C)/C=C\C=C/C)c1cccc(O)c1.CC.CC1(c2ccccc2)CC1. The van der Waals surface area contributed by atoms with E-state index in [1.54, 1.807) is 12.1 Å². The third-order valence-electron chi connectivity index (χ3n) is 5.51. The van der Waals surface area contributed by atoms with Gasteiger partial charge in [0.05, 0.1) is 5.70 Å². The molecule has 0 atom stereocenters. The first-order chi connectivity index (χ1) is 15.8. The maximum atomic E-state index is 9.68. The van der Waals surface area contributed by atoms with Gasteiger partial charge in [0, 0.05) is 11.3 Å². The number of hydrogen-bond acceptors (Lipinski definition) is 2. The number of benzene rings is 2. The topological polar surface area (TPSA) is 32.6 Å². The molecule has 2 nitrogen and oxygen atoms in total. The maximum Gasteiger partial charge on any atom is 0.116 e. The highest BCUT2D eigenvalue weighted by molar-refractivity contribution is 6.00. The van der Waals surface area contributed by atoms with Crippen molar-refractivity contribution in [3.05, 3.63) is 108 Å². The van der Waals surface area contributed by atoms with Crippen LogP contribution in [0.25, 0.3) is 5.70 Å². The molecule has 3 rings (SSSR count). The highest BCUT2D eigenvalue weighted by Crippen LogP contribution is 2.47. The van der Waals surface area contributed by atoms with Crippen molar-refractivity contribution < 1.29 is 5.11 Å². The molecule has 2 heteroatoms. The van der Waals surface area contributed by atoms with Crippen LogP contribution in [-0.2, 0) is 5.41 Å². The Hall–Kier alpha value is -3.13. The Kier molecular flexibility index (Phi) is 11.9. The van der Waals surface area contributed by atoms with Gasteiger partial charge in [0.1, 0.15) is 5.75 Å². The van der Waals surface area contributed by atoms with Crippen molar-refractivity contribution in [1.29, 1.82) is 0 Å². The zero-order valence-corrected chi connectivity index (χ0v) is 21.5. The van der Waals surface area contributed by atoms with E-state index >= 15 is 0 Å². The molecule has 0 saturated heterocycles. The molecule has 1 aliphatic rings. The number of rotatable bonds is 6. The molecule has 0 spiro atoms. The van der Waals surface area contributed by atoms with Crippen LogP contribution in [0.5, 0.6) is 5.75 Å². The second kappa shape index (κ2) is 14.1. The van der Waals surface area contributed by atoms with Crippen LogP contribution in [0.3, 0.4) is 0 Å². The van der Waals surface area contributed by atoms with Gasteiger partial charge < -0.3 is 5.11 Å². The molecule has 176 valence electrons. The van der Waals surface area contributed by atoms with Gasteiger partial charge in [0.2, 0.25) is 0 Å². The van der Waals surface area contributed by atoms with E-state index in [9.17, 15) is 5.11 Å². The Morgan fingerprint density at radius 1 is 0.970 bits per heavy atom. The summed E-state index contributed by atoms with van der Waals surface area (Å²) in [7, 11) is 0. The van der Waals surface area contributed by atoms with Crippen molar-refractivity contribution in [1.82, 2.24) is 0 Å². The van der Waals surface area contributed by atoms with E-state index in [4.69, 9.17) is 0 Å². The molecule has 1 N–H and O–H groups in total. The van der Waals surface area contributed by atoms with Gasteiger partial charge in [-0.15, -0.1) is 0 Å². The summed E-state index contributed by atoms with van der Waals surface area (Å²) in [6.45, 7) is 18.1. The number of hydrogen-bond donors (Lipinski definition) is 1. The smallest absolute Gasteiger partial charge is 0.116 e. The first kappa shape index (κ1) is 27.9. The van der Waals surface area contributed by atoms with E-state index in [2.05, 4.69) is 48.8 Å². The number of nitrogens with zero attached hydrogens (tertiary/aromatic N) is 1. The number of allylic oxidation sites excluding steroid dienone is 6. The highest BCUT2D eigenvalue weighted by atomic mass is 16.3. The zero-order chi connectivity index (χ0) is 24.9. The molecular formula is C31H41NO. The van der Waals surface area contributed by atoms with Gasteiger partial charge in [-0.1, -0.05) is 94.1 Å². The standard InChI is InChI=1S/C19H23NO.C10H12.C2H6/c1-6-7-8-10-15(4)19(20-16(5)14(2)3)17-11-9-12-18(21)13-17;1-10(7-8-10)9-5-3-2-4-6-9;1-2/h6-13,21H,2H2,1,3-5H3;2-6H,7-8H2,1H3;1-2H3/b7-6-,10-8-,19-15+,20-16?;;. The normalized spacial score (nSPS) is 15.2. The van der Waals surface area contributed by atoms with Crippen LogP contribution in [0, 0.1) is 0 Å². The van der Waals surface area contributed by atoms with Gasteiger partial charge in [-0.25, -0.2) is 0 Å². The van der Waals surface area contributed by atoms with Gasteiger partial charge in [-0.05, 0) is 74.8 Å². The fraction of sp³-hybridized carbons (Fsp3) is 0.323. The van der Waals surface area contributed by atoms with E-state index in [0.29, 0.717) is 5.41 Å². The van der Waals surface area contributed by atoms with Crippen LogP contribution in [0.15, 0.2) is 102 Å². The van der Waals surface area contributed by atoms with Crippen molar-refractivity contribution in [2.45, 2.75) is 66.7 Å². The molecular weight excluding hydrogens is 402 g/mol. The lowest BCUT2D eigenvalue weighted by Crippen LogP contribution is -1.97. The monoisotopic (exact) mass is 443 g/mol. The summed E-state index contributed by atoms with van der Waals surface area (Å²) in [6, 6.07) is 17.9. The Balaban J connectivity index is 0.000000373. The summed E-state index contributed by atoms with van der Waals surface area (Å²) in [6.07, 6.45) is 10.7. The second-order valence-electron chi connectivity index (χ2n) is 8.37. The molecule has 1 aliphatic carbocycles. The Labute approximate surface area is 201 Å².